The lowest BCUT2D eigenvalue weighted by Crippen LogP contribution is -2.57. The van der Waals surface area contributed by atoms with Gasteiger partial charge >= 0.3 is 6.18 Å². The van der Waals surface area contributed by atoms with Crippen molar-refractivity contribution in [2.24, 2.45) is 0 Å². The molecule has 0 spiro atoms. The Labute approximate surface area is 209 Å². The van der Waals surface area contributed by atoms with E-state index < -0.39 is 47.1 Å². The highest BCUT2D eigenvalue weighted by Gasteiger charge is 2.36. The smallest absolute Gasteiger partial charge is 0.451 e. The SMILES string of the molecule is CNC(=O)[C@H](NC(=O)c1ccc(-c2cccc(CNC(=O)c3ccnc(C(F)(F)F)n3)c2)o1)C(C)(C)O. The average molecular weight is 519 g/mol. The quantitative estimate of drug-likeness (QED) is 0.357. The molecule has 4 N–H and O–H groups in total. The zero-order chi connectivity index (χ0) is 27.4. The number of carbonyl (C=O) groups is 3. The standard InChI is InChI=1S/C24H24F3N5O5/c1-23(2,36)18(21(35)28-3)32-20(34)17-8-7-16(37-17)14-6-4-5-13(11-14)12-30-19(33)15-9-10-29-22(31-15)24(25,26)27/h4-11,18,36H,12H2,1-3H3,(H,28,35)(H,30,33)(H,32,34)/t18-/m0/s1. The van der Waals surface area contributed by atoms with Gasteiger partial charge in [-0.2, -0.15) is 13.2 Å². The van der Waals surface area contributed by atoms with Gasteiger partial charge in [0.2, 0.25) is 11.7 Å². The van der Waals surface area contributed by atoms with Crippen LogP contribution >= 0.6 is 0 Å². The summed E-state index contributed by atoms with van der Waals surface area (Å²) < 4.78 is 44.0. The number of aromatic nitrogens is 2. The van der Waals surface area contributed by atoms with Crippen LogP contribution in [-0.4, -0.2) is 51.5 Å². The summed E-state index contributed by atoms with van der Waals surface area (Å²) in [6.45, 7) is 2.74. The summed E-state index contributed by atoms with van der Waals surface area (Å²) in [7, 11) is 1.38. The van der Waals surface area contributed by atoms with Crippen molar-refractivity contribution in [1.29, 1.82) is 0 Å². The van der Waals surface area contributed by atoms with Gasteiger partial charge in [-0.25, -0.2) is 9.97 Å². The molecular weight excluding hydrogens is 495 g/mol. The Morgan fingerprint density at radius 2 is 1.81 bits per heavy atom. The van der Waals surface area contributed by atoms with Gasteiger partial charge in [0.1, 0.15) is 17.5 Å². The van der Waals surface area contributed by atoms with E-state index in [4.69, 9.17) is 4.42 Å². The molecule has 3 amide bonds. The van der Waals surface area contributed by atoms with Crippen molar-refractivity contribution >= 4 is 17.7 Å². The molecule has 1 aromatic carbocycles. The van der Waals surface area contributed by atoms with Gasteiger partial charge in [0.05, 0.1) is 5.60 Å². The van der Waals surface area contributed by atoms with Crippen molar-refractivity contribution in [2.45, 2.75) is 38.2 Å². The average Bonchev–Trinajstić information content (AvgIpc) is 3.35. The third-order valence-corrected chi connectivity index (χ3v) is 5.13. The Bertz CT molecular complexity index is 1300. The number of amides is 3. The molecule has 2 aromatic heterocycles. The molecule has 37 heavy (non-hydrogen) atoms. The maximum atomic E-state index is 12.8. The second-order valence-corrected chi connectivity index (χ2v) is 8.48. The van der Waals surface area contributed by atoms with E-state index in [1.807, 2.05) is 0 Å². The monoisotopic (exact) mass is 519 g/mol. The Kier molecular flexibility index (Phi) is 7.96. The number of nitrogens with zero attached hydrogens (tertiary/aromatic N) is 2. The van der Waals surface area contributed by atoms with Crippen molar-refractivity contribution in [3.8, 4) is 11.3 Å². The van der Waals surface area contributed by atoms with Crippen LogP contribution in [0.1, 0.15) is 46.3 Å². The van der Waals surface area contributed by atoms with E-state index in [0.29, 0.717) is 16.9 Å². The van der Waals surface area contributed by atoms with Gasteiger partial charge in [-0.1, -0.05) is 18.2 Å². The number of furan rings is 1. The molecule has 0 saturated carbocycles. The van der Waals surface area contributed by atoms with Gasteiger partial charge in [0.15, 0.2) is 5.76 Å². The van der Waals surface area contributed by atoms with Crippen molar-refractivity contribution in [3.05, 3.63) is 71.5 Å². The second-order valence-electron chi connectivity index (χ2n) is 8.48. The van der Waals surface area contributed by atoms with Crippen molar-refractivity contribution < 1.29 is 37.1 Å². The Morgan fingerprint density at radius 1 is 1.08 bits per heavy atom. The molecule has 0 bridgehead atoms. The first-order chi connectivity index (χ1) is 17.3. The van der Waals surface area contributed by atoms with Gasteiger partial charge in [-0.05, 0) is 43.7 Å². The number of hydrogen-bond donors (Lipinski definition) is 4. The van der Waals surface area contributed by atoms with E-state index in [0.717, 1.165) is 12.3 Å². The predicted octanol–water partition coefficient (Wildman–Crippen LogP) is 2.30. The number of aliphatic hydroxyl groups is 1. The Balaban J connectivity index is 1.69. The summed E-state index contributed by atoms with van der Waals surface area (Å²) in [6.07, 6.45) is -3.92. The van der Waals surface area contributed by atoms with Crippen molar-refractivity contribution in [3.63, 3.8) is 0 Å². The van der Waals surface area contributed by atoms with E-state index in [2.05, 4.69) is 25.9 Å². The highest BCUT2D eigenvalue weighted by Crippen LogP contribution is 2.26. The zero-order valence-electron chi connectivity index (χ0n) is 20.0. The first-order valence-corrected chi connectivity index (χ1v) is 10.9. The molecule has 0 saturated heterocycles. The Morgan fingerprint density at radius 3 is 2.46 bits per heavy atom. The molecule has 13 heteroatoms. The molecule has 0 fully saturated rings. The maximum Gasteiger partial charge on any atom is 0.451 e. The molecule has 0 aliphatic carbocycles. The molecule has 0 unspecified atom stereocenters. The molecule has 2 heterocycles. The maximum absolute atomic E-state index is 12.8. The summed E-state index contributed by atoms with van der Waals surface area (Å²) in [5.74, 6) is -3.32. The van der Waals surface area contributed by atoms with Crippen LogP contribution in [0.2, 0.25) is 0 Å². The van der Waals surface area contributed by atoms with Gasteiger partial charge in [0.25, 0.3) is 11.8 Å². The van der Waals surface area contributed by atoms with Crippen LogP contribution in [0.25, 0.3) is 11.3 Å². The van der Waals surface area contributed by atoms with Crippen LogP contribution < -0.4 is 16.0 Å². The van der Waals surface area contributed by atoms with Crippen LogP contribution in [0.15, 0.2) is 53.1 Å². The van der Waals surface area contributed by atoms with Crippen LogP contribution in [-0.2, 0) is 17.5 Å². The highest BCUT2D eigenvalue weighted by molar-refractivity contribution is 5.96. The topological polar surface area (TPSA) is 146 Å². The first kappa shape index (κ1) is 27.3. The molecule has 1 atom stereocenters. The van der Waals surface area contributed by atoms with Gasteiger partial charge in [-0.15, -0.1) is 0 Å². The van der Waals surface area contributed by atoms with Crippen LogP contribution in [0.4, 0.5) is 13.2 Å². The largest absolute Gasteiger partial charge is 0.451 e. The molecule has 3 aromatic rings. The van der Waals surface area contributed by atoms with E-state index in [1.54, 1.807) is 24.3 Å². The minimum absolute atomic E-state index is 0.0224. The van der Waals surface area contributed by atoms with Crippen LogP contribution in [0.3, 0.4) is 0 Å². The molecular formula is C24H24F3N5O5. The molecule has 0 aliphatic heterocycles. The number of hydrogen-bond acceptors (Lipinski definition) is 7. The van der Waals surface area contributed by atoms with Crippen LogP contribution in [0, 0.1) is 0 Å². The molecule has 0 aliphatic rings. The highest BCUT2D eigenvalue weighted by atomic mass is 19.4. The van der Waals surface area contributed by atoms with Gasteiger partial charge in [0, 0.05) is 25.4 Å². The molecule has 10 nitrogen and oxygen atoms in total. The number of halogens is 3. The van der Waals surface area contributed by atoms with E-state index in [9.17, 15) is 32.7 Å². The number of benzene rings is 1. The molecule has 0 radical (unpaired) electrons. The van der Waals surface area contributed by atoms with Crippen LogP contribution in [0.5, 0.6) is 0 Å². The van der Waals surface area contributed by atoms with E-state index >= 15 is 0 Å². The van der Waals surface area contributed by atoms with Crippen molar-refractivity contribution in [1.82, 2.24) is 25.9 Å². The summed E-state index contributed by atoms with van der Waals surface area (Å²) in [5.41, 5.74) is -0.816. The lowest BCUT2D eigenvalue weighted by molar-refractivity contribution is -0.145. The first-order valence-electron chi connectivity index (χ1n) is 10.9. The van der Waals surface area contributed by atoms with Crippen molar-refractivity contribution in [2.75, 3.05) is 7.05 Å². The van der Waals surface area contributed by atoms with E-state index in [-0.39, 0.29) is 12.3 Å². The summed E-state index contributed by atoms with van der Waals surface area (Å²) in [5, 5.41) is 17.5. The molecule has 196 valence electrons. The normalized spacial score (nSPS) is 12.5. The lowest BCUT2D eigenvalue weighted by Gasteiger charge is -2.28. The second kappa shape index (κ2) is 10.8. The number of likely N-dealkylation sites (N-methyl/N-ethyl adjacent to an activating group) is 1. The Hall–Kier alpha value is -4.26. The zero-order valence-corrected chi connectivity index (χ0v) is 20.0. The fourth-order valence-corrected chi connectivity index (χ4v) is 3.25. The number of nitrogens with one attached hydrogen (secondary N) is 3. The summed E-state index contributed by atoms with van der Waals surface area (Å²) in [4.78, 5) is 43.3. The minimum Gasteiger partial charge on any atom is -0.451 e. The fourth-order valence-electron chi connectivity index (χ4n) is 3.25. The lowest BCUT2D eigenvalue weighted by atomic mass is 9.98. The predicted molar refractivity (Wildman–Crippen MR) is 124 cm³/mol. The third kappa shape index (κ3) is 6.91. The third-order valence-electron chi connectivity index (χ3n) is 5.13. The number of alkyl halides is 3. The summed E-state index contributed by atoms with van der Waals surface area (Å²) >= 11 is 0. The number of carbonyl (C=O) groups excluding carboxylic acids is 3. The van der Waals surface area contributed by atoms with E-state index in [1.165, 1.54) is 33.0 Å². The molecule has 3 rings (SSSR count). The summed E-state index contributed by atoms with van der Waals surface area (Å²) in [6, 6.07) is 9.47. The number of rotatable bonds is 8. The fraction of sp³-hybridized carbons (Fsp3) is 0.292. The minimum atomic E-state index is -4.78. The van der Waals surface area contributed by atoms with Gasteiger partial charge < -0.3 is 25.5 Å². The van der Waals surface area contributed by atoms with Gasteiger partial charge in [-0.3, -0.25) is 14.4 Å².